The van der Waals surface area contributed by atoms with Crippen LogP contribution in [0, 0.1) is 11.9 Å². The zero-order valence-corrected chi connectivity index (χ0v) is 4.84. The lowest BCUT2D eigenvalue weighted by molar-refractivity contribution is -0.144. The molecule has 0 aliphatic rings. The van der Waals surface area contributed by atoms with Crippen molar-refractivity contribution in [1.82, 2.24) is 9.97 Å². The van der Waals surface area contributed by atoms with E-state index in [1.807, 2.05) is 0 Å². The summed E-state index contributed by atoms with van der Waals surface area (Å²) in [6, 6.07) is 0. The Morgan fingerprint density at radius 3 is 1.91 bits per heavy atom. The summed E-state index contributed by atoms with van der Waals surface area (Å²) in [5, 5.41) is 0. The van der Waals surface area contributed by atoms with Crippen molar-refractivity contribution < 1.29 is 22.0 Å². The van der Waals surface area contributed by atoms with Crippen LogP contribution < -0.4 is 0 Å². The molecule has 0 spiro atoms. The Morgan fingerprint density at radius 1 is 1.18 bits per heavy atom. The van der Waals surface area contributed by atoms with Gasteiger partial charge in [0, 0.05) is 0 Å². The molecule has 0 amide bonds. The molecule has 11 heavy (non-hydrogen) atoms. The average Bonchev–Trinajstić information content (AvgIpc) is 2.11. The number of aromatic amines is 1. The molecule has 0 aliphatic heterocycles. The fourth-order valence-corrected chi connectivity index (χ4v) is 0.465. The van der Waals surface area contributed by atoms with E-state index in [0.29, 0.717) is 0 Å². The quantitative estimate of drug-likeness (QED) is 0.593. The van der Waals surface area contributed by atoms with E-state index in [1.165, 1.54) is 0 Å². The fraction of sp³-hybridized carbons (Fsp3) is 0.250. The van der Waals surface area contributed by atoms with Gasteiger partial charge >= 0.3 is 6.18 Å². The summed E-state index contributed by atoms with van der Waals surface area (Å²) >= 11 is 0. The lowest BCUT2D eigenvalue weighted by Gasteiger charge is -1.98. The maximum atomic E-state index is 11.9. The van der Waals surface area contributed by atoms with Crippen LogP contribution in [0.1, 0.15) is 5.82 Å². The molecule has 0 aromatic carbocycles. The number of imidazole rings is 1. The first-order valence-corrected chi connectivity index (χ1v) is 2.39. The molecule has 0 fully saturated rings. The Bertz CT molecular complexity index is 242. The highest BCUT2D eigenvalue weighted by molar-refractivity contribution is 4.95. The van der Waals surface area contributed by atoms with E-state index in [4.69, 9.17) is 0 Å². The van der Waals surface area contributed by atoms with Gasteiger partial charge in [0.2, 0.25) is 11.8 Å². The first-order chi connectivity index (χ1) is 4.91. The minimum Gasteiger partial charge on any atom is -0.309 e. The van der Waals surface area contributed by atoms with Crippen LogP contribution in [0.2, 0.25) is 0 Å². The van der Waals surface area contributed by atoms with Crippen LogP contribution in [0.15, 0.2) is 0 Å². The lowest BCUT2D eigenvalue weighted by Crippen LogP contribution is -2.07. The number of nitrogens with one attached hydrogen (secondary N) is 1. The smallest absolute Gasteiger partial charge is 0.309 e. The second-order valence-corrected chi connectivity index (χ2v) is 1.69. The monoisotopic (exact) mass is 172 g/mol. The van der Waals surface area contributed by atoms with Gasteiger partial charge in [0.15, 0.2) is 0 Å². The van der Waals surface area contributed by atoms with Crippen molar-refractivity contribution in [2.45, 2.75) is 6.18 Å². The van der Waals surface area contributed by atoms with Crippen LogP contribution in [0.4, 0.5) is 22.0 Å². The van der Waals surface area contributed by atoms with Gasteiger partial charge < -0.3 is 4.98 Å². The van der Waals surface area contributed by atoms with Crippen LogP contribution in [0.5, 0.6) is 0 Å². The molecule has 0 saturated carbocycles. The predicted molar refractivity (Wildman–Crippen MR) is 23.5 cm³/mol. The van der Waals surface area contributed by atoms with E-state index in [1.54, 1.807) is 0 Å². The first-order valence-electron chi connectivity index (χ1n) is 2.39. The molecule has 1 aromatic heterocycles. The molecule has 0 bridgehead atoms. The molecular weight excluding hydrogens is 171 g/mol. The summed E-state index contributed by atoms with van der Waals surface area (Å²) < 4.78 is 58.4. The van der Waals surface area contributed by atoms with Crippen molar-refractivity contribution in [3.05, 3.63) is 17.7 Å². The normalized spacial score (nSPS) is 12.1. The third kappa shape index (κ3) is 1.47. The standard InChI is InChI=1S/C4HF5N2/c5-1-2(6)11-3(10-1)4(7,8)9/h(H,10,11). The molecule has 0 radical (unpaired) electrons. The molecular formula is C4HF5N2. The third-order valence-electron chi connectivity index (χ3n) is 0.888. The van der Waals surface area contributed by atoms with Gasteiger partial charge in [0.1, 0.15) is 0 Å². The second kappa shape index (κ2) is 2.18. The minimum atomic E-state index is -4.84. The van der Waals surface area contributed by atoms with Gasteiger partial charge in [-0.1, -0.05) is 0 Å². The van der Waals surface area contributed by atoms with Crippen molar-refractivity contribution >= 4 is 0 Å². The van der Waals surface area contributed by atoms with E-state index in [-0.39, 0.29) is 0 Å². The molecule has 1 heterocycles. The number of nitrogens with zero attached hydrogens (tertiary/aromatic N) is 1. The van der Waals surface area contributed by atoms with E-state index in [2.05, 4.69) is 4.98 Å². The topological polar surface area (TPSA) is 28.7 Å². The maximum absolute atomic E-state index is 11.9. The number of H-pyrrole nitrogens is 1. The lowest BCUT2D eigenvalue weighted by atomic mass is 10.6. The van der Waals surface area contributed by atoms with Crippen molar-refractivity contribution in [1.29, 1.82) is 0 Å². The summed E-state index contributed by atoms with van der Waals surface area (Å²) in [5.41, 5.74) is 0. The first kappa shape index (κ1) is 7.96. The van der Waals surface area contributed by atoms with Gasteiger partial charge in [0.05, 0.1) is 0 Å². The van der Waals surface area contributed by atoms with Crippen LogP contribution in [-0.4, -0.2) is 9.97 Å². The van der Waals surface area contributed by atoms with E-state index >= 15 is 0 Å². The van der Waals surface area contributed by atoms with Crippen molar-refractivity contribution in [3.63, 3.8) is 0 Å². The largest absolute Gasteiger partial charge is 0.449 e. The zero-order valence-electron chi connectivity index (χ0n) is 4.84. The SMILES string of the molecule is Fc1nc(C(F)(F)F)[nH]c1F. The number of rotatable bonds is 0. The average molecular weight is 172 g/mol. The van der Waals surface area contributed by atoms with Crippen LogP contribution in [-0.2, 0) is 6.18 Å². The Hall–Kier alpha value is -1.14. The highest BCUT2D eigenvalue weighted by atomic mass is 19.4. The Morgan fingerprint density at radius 2 is 1.73 bits per heavy atom. The molecule has 0 atom stereocenters. The number of alkyl halides is 3. The minimum absolute atomic E-state index is 1.11. The second-order valence-electron chi connectivity index (χ2n) is 1.69. The molecule has 1 N–H and O–H groups in total. The third-order valence-corrected chi connectivity index (χ3v) is 0.888. The highest BCUT2D eigenvalue weighted by Crippen LogP contribution is 2.26. The predicted octanol–water partition coefficient (Wildman–Crippen LogP) is 1.71. The summed E-state index contributed by atoms with van der Waals surface area (Å²) in [6.07, 6.45) is -4.84. The van der Waals surface area contributed by atoms with E-state index < -0.39 is 23.9 Å². The molecule has 2 nitrogen and oxygen atoms in total. The number of hydrogen-bond donors (Lipinski definition) is 1. The molecule has 0 unspecified atom stereocenters. The summed E-state index contributed by atoms with van der Waals surface area (Å²) in [5.74, 6) is -5.16. The summed E-state index contributed by atoms with van der Waals surface area (Å²) in [4.78, 5) is 3.37. The molecule has 7 heteroatoms. The van der Waals surface area contributed by atoms with Crippen LogP contribution in [0.25, 0.3) is 0 Å². The molecule has 0 aliphatic carbocycles. The van der Waals surface area contributed by atoms with Gasteiger partial charge in [-0.15, -0.1) is 0 Å². The zero-order chi connectivity index (χ0) is 8.65. The van der Waals surface area contributed by atoms with Gasteiger partial charge in [-0.25, -0.2) is 0 Å². The fourth-order valence-electron chi connectivity index (χ4n) is 0.465. The molecule has 0 saturated heterocycles. The van der Waals surface area contributed by atoms with Crippen molar-refractivity contribution in [2.75, 3.05) is 0 Å². The van der Waals surface area contributed by atoms with Gasteiger partial charge in [-0.3, -0.25) is 0 Å². The Kier molecular flexibility index (Phi) is 1.57. The van der Waals surface area contributed by atoms with E-state index in [0.717, 1.165) is 4.98 Å². The Balaban J connectivity index is 3.08. The van der Waals surface area contributed by atoms with Crippen LogP contribution in [0.3, 0.4) is 0 Å². The van der Waals surface area contributed by atoms with Gasteiger partial charge in [-0.05, 0) is 0 Å². The molecule has 1 aromatic rings. The van der Waals surface area contributed by atoms with Crippen molar-refractivity contribution in [2.24, 2.45) is 0 Å². The number of aromatic nitrogens is 2. The number of hydrogen-bond acceptors (Lipinski definition) is 1. The van der Waals surface area contributed by atoms with Gasteiger partial charge in [0.25, 0.3) is 5.95 Å². The van der Waals surface area contributed by atoms with Gasteiger partial charge in [-0.2, -0.15) is 26.9 Å². The Labute approximate surface area is 57.1 Å². The molecule has 62 valence electrons. The van der Waals surface area contributed by atoms with Crippen molar-refractivity contribution in [3.8, 4) is 0 Å². The molecule has 1 rings (SSSR count). The van der Waals surface area contributed by atoms with E-state index in [9.17, 15) is 22.0 Å². The summed E-state index contributed by atoms with van der Waals surface area (Å²) in [6.45, 7) is 0. The van der Waals surface area contributed by atoms with Crippen LogP contribution >= 0.6 is 0 Å². The summed E-state index contributed by atoms with van der Waals surface area (Å²) in [7, 11) is 0. The highest BCUT2D eigenvalue weighted by Gasteiger charge is 2.36. The number of halogens is 5. The maximum Gasteiger partial charge on any atom is 0.449 e.